The van der Waals surface area contributed by atoms with Crippen molar-refractivity contribution in [3.05, 3.63) is 47.4 Å². The van der Waals surface area contributed by atoms with Crippen LogP contribution in [-0.2, 0) is 6.42 Å². The molecule has 100 valence electrons. The Labute approximate surface area is 111 Å². The highest BCUT2D eigenvalue weighted by Gasteiger charge is 2.29. The molecule has 0 aliphatic carbocycles. The van der Waals surface area contributed by atoms with Gasteiger partial charge in [0.05, 0.1) is 5.92 Å². The molecule has 1 saturated heterocycles. The van der Waals surface area contributed by atoms with E-state index < -0.39 is 0 Å². The summed E-state index contributed by atoms with van der Waals surface area (Å²) < 4.78 is 18.4. The molecule has 0 amide bonds. The minimum atomic E-state index is -0.241. The Morgan fingerprint density at radius 3 is 3.11 bits per heavy atom. The molecule has 1 aromatic heterocycles. The monoisotopic (exact) mass is 261 g/mol. The van der Waals surface area contributed by atoms with Crippen molar-refractivity contribution < 1.29 is 8.91 Å². The molecule has 1 aliphatic rings. The van der Waals surface area contributed by atoms with Gasteiger partial charge < -0.3 is 9.84 Å². The highest BCUT2D eigenvalue weighted by atomic mass is 19.1. The summed E-state index contributed by atoms with van der Waals surface area (Å²) in [4.78, 5) is 4.43. The van der Waals surface area contributed by atoms with Crippen molar-refractivity contribution in [3.63, 3.8) is 0 Å². The van der Waals surface area contributed by atoms with E-state index >= 15 is 0 Å². The van der Waals surface area contributed by atoms with E-state index in [1.807, 2.05) is 6.07 Å². The zero-order valence-corrected chi connectivity index (χ0v) is 10.8. The van der Waals surface area contributed by atoms with Crippen LogP contribution in [0.5, 0.6) is 0 Å². The Morgan fingerprint density at radius 2 is 2.37 bits per heavy atom. The lowest BCUT2D eigenvalue weighted by molar-refractivity contribution is 0.342. The summed E-state index contributed by atoms with van der Waals surface area (Å²) >= 11 is 0. The fraction of sp³-hybridized carbons (Fsp3) is 0.429. The second kappa shape index (κ2) is 5.09. The van der Waals surface area contributed by atoms with Gasteiger partial charge in [-0.2, -0.15) is 4.98 Å². The summed E-state index contributed by atoms with van der Waals surface area (Å²) in [5.74, 6) is 1.34. The van der Waals surface area contributed by atoms with E-state index in [2.05, 4.69) is 22.4 Å². The molecule has 1 fully saturated rings. The molecule has 0 radical (unpaired) electrons. The lowest BCUT2D eigenvalue weighted by Crippen LogP contribution is -2.21. The number of halogens is 1. The number of hydrogen-bond donors (Lipinski definition) is 1. The molecule has 0 spiro atoms. The van der Waals surface area contributed by atoms with Crippen LogP contribution in [0.15, 0.2) is 28.8 Å². The van der Waals surface area contributed by atoms with Crippen LogP contribution in [-0.4, -0.2) is 22.7 Å². The number of rotatable bonds is 3. The van der Waals surface area contributed by atoms with Gasteiger partial charge in [0, 0.05) is 12.5 Å². The van der Waals surface area contributed by atoms with Gasteiger partial charge in [0.15, 0.2) is 5.82 Å². The molecule has 4 nitrogen and oxygen atoms in total. The zero-order chi connectivity index (χ0) is 13.2. The first-order chi connectivity index (χ1) is 9.22. The third-order valence-corrected chi connectivity index (χ3v) is 3.58. The van der Waals surface area contributed by atoms with Gasteiger partial charge in [-0.1, -0.05) is 17.3 Å². The second-order valence-corrected chi connectivity index (χ2v) is 4.99. The van der Waals surface area contributed by atoms with E-state index in [4.69, 9.17) is 4.52 Å². The van der Waals surface area contributed by atoms with Crippen molar-refractivity contribution in [2.75, 3.05) is 6.54 Å². The van der Waals surface area contributed by atoms with Crippen LogP contribution in [0.2, 0.25) is 0 Å². The third-order valence-electron chi connectivity index (χ3n) is 3.58. The Kier molecular flexibility index (Phi) is 3.29. The van der Waals surface area contributed by atoms with E-state index in [9.17, 15) is 4.39 Å². The van der Waals surface area contributed by atoms with Gasteiger partial charge in [0.25, 0.3) is 0 Å². The fourth-order valence-corrected chi connectivity index (χ4v) is 2.52. The molecule has 1 aromatic carbocycles. The van der Waals surface area contributed by atoms with E-state index in [1.54, 1.807) is 6.07 Å². The van der Waals surface area contributed by atoms with Gasteiger partial charge in [-0.15, -0.1) is 0 Å². The van der Waals surface area contributed by atoms with E-state index in [0.29, 0.717) is 24.2 Å². The lowest BCUT2D eigenvalue weighted by Gasteiger charge is -2.08. The minimum absolute atomic E-state index is 0.241. The Balaban J connectivity index is 1.74. The molecule has 5 heteroatoms. The van der Waals surface area contributed by atoms with Gasteiger partial charge >= 0.3 is 0 Å². The number of nitrogens with one attached hydrogen (secondary N) is 1. The van der Waals surface area contributed by atoms with Crippen molar-refractivity contribution in [2.45, 2.75) is 31.7 Å². The molecule has 2 unspecified atom stereocenters. The number of nitrogens with zero attached hydrogens (tertiary/aromatic N) is 2. The topological polar surface area (TPSA) is 51.0 Å². The van der Waals surface area contributed by atoms with Crippen molar-refractivity contribution in [3.8, 4) is 0 Å². The summed E-state index contributed by atoms with van der Waals surface area (Å²) in [5.41, 5.74) is 0.852. The summed E-state index contributed by atoms with van der Waals surface area (Å²) in [5, 5.41) is 7.34. The van der Waals surface area contributed by atoms with Crippen LogP contribution in [0.3, 0.4) is 0 Å². The van der Waals surface area contributed by atoms with Crippen LogP contribution in [0.4, 0.5) is 4.39 Å². The first-order valence-corrected chi connectivity index (χ1v) is 6.52. The van der Waals surface area contributed by atoms with Gasteiger partial charge in [-0.05, 0) is 37.6 Å². The smallest absolute Gasteiger partial charge is 0.231 e. The first kappa shape index (κ1) is 12.3. The van der Waals surface area contributed by atoms with Crippen LogP contribution in [0.25, 0.3) is 0 Å². The average molecular weight is 261 g/mol. The number of aromatic nitrogens is 2. The molecule has 0 bridgehead atoms. The van der Waals surface area contributed by atoms with Crippen LogP contribution in [0, 0.1) is 5.82 Å². The molecule has 0 saturated carbocycles. The standard InChI is InChI=1S/C14H16FN3O/c1-9-12(5-6-16-9)14-17-13(18-19-14)8-10-3-2-4-11(15)7-10/h2-4,7,9,12,16H,5-6,8H2,1H3. The maximum atomic E-state index is 13.1. The normalized spacial score (nSPS) is 22.8. The largest absolute Gasteiger partial charge is 0.339 e. The minimum Gasteiger partial charge on any atom is -0.339 e. The van der Waals surface area contributed by atoms with E-state index in [1.165, 1.54) is 12.1 Å². The number of hydrogen-bond acceptors (Lipinski definition) is 4. The predicted octanol–water partition coefficient (Wildman–Crippen LogP) is 2.26. The maximum absolute atomic E-state index is 13.1. The van der Waals surface area contributed by atoms with Gasteiger partial charge in [0.1, 0.15) is 5.82 Å². The van der Waals surface area contributed by atoms with E-state index in [-0.39, 0.29) is 11.7 Å². The molecule has 2 aromatic rings. The molecular weight excluding hydrogens is 245 g/mol. The first-order valence-electron chi connectivity index (χ1n) is 6.52. The van der Waals surface area contributed by atoms with Crippen molar-refractivity contribution in [1.29, 1.82) is 0 Å². The highest BCUT2D eigenvalue weighted by Crippen LogP contribution is 2.26. The summed E-state index contributed by atoms with van der Waals surface area (Å²) in [7, 11) is 0. The van der Waals surface area contributed by atoms with Crippen LogP contribution in [0.1, 0.15) is 36.5 Å². The van der Waals surface area contributed by atoms with Crippen molar-refractivity contribution in [1.82, 2.24) is 15.5 Å². The second-order valence-electron chi connectivity index (χ2n) is 4.99. The molecule has 1 aliphatic heterocycles. The summed E-state index contributed by atoms with van der Waals surface area (Å²) in [6, 6.07) is 6.84. The van der Waals surface area contributed by atoms with Crippen LogP contribution >= 0.6 is 0 Å². The lowest BCUT2D eigenvalue weighted by atomic mass is 10.0. The van der Waals surface area contributed by atoms with Crippen LogP contribution < -0.4 is 5.32 Å². The SMILES string of the molecule is CC1NCCC1c1nc(Cc2cccc(F)c2)no1. The molecule has 2 heterocycles. The van der Waals surface area contributed by atoms with E-state index in [0.717, 1.165) is 18.5 Å². The molecular formula is C14H16FN3O. The molecule has 3 rings (SSSR count). The molecule has 1 N–H and O–H groups in total. The van der Waals surface area contributed by atoms with Crippen molar-refractivity contribution >= 4 is 0 Å². The average Bonchev–Trinajstić information content (AvgIpc) is 2.98. The van der Waals surface area contributed by atoms with Gasteiger partial charge in [-0.25, -0.2) is 4.39 Å². The number of benzene rings is 1. The third kappa shape index (κ3) is 2.66. The molecule has 19 heavy (non-hydrogen) atoms. The highest BCUT2D eigenvalue weighted by molar-refractivity contribution is 5.20. The van der Waals surface area contributed by atoms with Gasteiger partial charge in [-0.3, -0.25) is 0 Å². The zero-order valence-electron chi connectivity index (χ0n) is 10.8. The Morgan fingerprint density at radius 1 is 1.47 bits per heavy atom. The van der Waals surface area contributed by atoms with Gasteiger partial charge in [0.2, 0.25) is 5.89 Å². The Hall–Kier alpha value is -1.75. The Bertz CT molecular complexity index is 569. The quantitative estimate of drug-likeness (QED) is 0.920. The van der Waals surface area contributed by atoms with Crippen molar-refractivity contribution in [2.24, 2.45) is 0 Å². The summed E-state index contributed by atoms with van der Waals surface area (Å²) in [6.07, 6.45) is 1.51. The molecule has 2 atom stereocenters. The maximum Gasteiger partial charge on any atom is 0.231 e. The predicted molar refractivity (Wildman–Crippen MR) is 68.3 cm³/mol. The summed E-state index contributed by atoms with van der Waals surface area (Å²) in [6.45, 7) is 3.10. The fourth-order valence-electron chi connectivity index (χ4n) is 2.52.